The molecule has 94 valence electrons. The molecule has 0 amide bonds. The Bertz CT molecular complexity index is 510. The summed E-state index contributed by atoms with van der Waals surface area (Å²) < 4.78 is 9.79. The van der Waals surface area contributed by atoms with E-state index in [1.807, 2.05) is 30.3 Å². The minimum atomic E-state index is -1.03. The van der Waals surface area contributed by atoms with Crippen LogP contribution in [-0.4, -0.2) is 27.8 Å². The van der Waals surface area contributed by atoms with Crippen molar-refractivity contribution in [2.24, 2.45) is 0 Å². The van der Waals surface area contributed by atoms with Crippen LogP contribution >= 0.6 is 0 Å². The number of ether oxygens (including phenoxy) is 1. The molecule has 6 heteroatoms. The number of carboxylic acid groups (broad SMARTS) is 1. The Morgan fingerprint density at radius 1 is 1.33 bits per heavy atom. The van der Waals surface area contributed by atoms with Crippen molar-refractivity contribution in [1.82, 2.24) is 10.1 Å². The smallest absolute Gasteiger partial charge is 0.329 e. The van der Waals surface area contributed by atoms with Crippen molar-refractivity contribution in [2.45, 2.75) is 13.0 Å². The van der Waals surface area contributed by atoms with Gasteiger partial charge in [0, 0.05) is 6.42 Å². The quantitative estimate of drug-likeness (QED) is 0.828. The number of carboxylic acids is 1. The molecule has 1 heterocycles. The van der Waals surface area contributed by atoms with Crippen molar-refractivity contribution in [1.29, 1.82) is 0 Å². The van der Waals surface area contributed by atoms with Crippen molar-refractivity contribution in [3.63, 3.8) is 0 Å². The zero-order valence-electron chi connectivity index (χ0n) is 9.57. The molecule has 0 aliphatic carbocycles. The van der Waals surface area contributed by atoms with Crippen molar-refractivity contribution >= 4 is 5.97 Å². The summed E-state index contributed by atoms with van der Waals surface area (Å²) in [6.07, 6.45) is 0.573. The number of rotatable bonds is 6. The highest BCUT2D eigenvalue weighted by Gasteiger charge is 2.07. The zero-order valence-corrected chi connectivity index (χ0v) is 9.57. The molecule has 0 saturated heterocycles. The molecule has 0 bridgehead atoms. The maximum Gasteiger partial charge on any atom is 0.329 e. The molecule has 0 saturated carbocycles. The van der Waals surface area contributed by atoms with Gasteiger partial charge >= 0.3 is 5.97 Å². The summed E-state index contributed by atoms with van der Waals surface area (Å²) in [6.45, 7) is -0.371. The van der Waals surface area contributed by atoms with Crippen LogP contribution in [0.25, 0.3) is 0 Å². The van der Waals surface area contributed by atoms with Crippen molar-refractivity contribution in [2.75, 3.05) is 6.61 Å². The predicted molar refractivity (Wildman–Crippen MR) is 60.8 cm³/mol. The highest BCUT2D eigenvalue weighted by molar-refractivity contribution is 5.67. The molecular weight excluding hydrogens is 236 g/mol. The molecule has 6 nitrogen and oxygen atoms in total. The second-order valence-corrected chi connectivity index (χ2v) is 3.65. The van der Waals surface area contributed by atoms with Gasteiger partial charge in [0.2, 0.25) is 0 Å². The Morgan fingerprint density at radius 3 is 2.83 bits per heavy atom. The molecule has 1 N–H and O–H groups in total. The second-order valence-electron chi connectivity index (χ2n) is 3.65. The first-order chi connectivity index (χ1) is 8.74. The number of aliphatic carboxylic acids is 1. The summed E-state index contributed by atoms with van der Waals surface area (Å²) in [6, 6.07) is 9.75. The van der Waals surface area contributed by atoms with Gasteiger partial charge in [-0.3, -0.25) is 0 Å². The highest BCUT2D eigenvalue weighted by Crippen LogP contribution is 2.07. The largest absolute Gasteiger partial charge is 0.480 e. The van der Waals surface area contributed by atoms with Crippen molar-refractivity contribution < 1.29 is 19.2 Å². The van der Waals surface area contributed by atoms with E-state index in [2.05, 4.69) is 10.1 Å². The number of hydrogen-bond acceptors (Lipinski definition) is 5. The number of benzene rings is 1. The molecular formula is C12H12N2O4. The van der Waals surface area contributed by atoms with Gasteiger partial charge in [-0.2, -0.15) is 4.98 Å². The maximum absolute atomic E-state index is 10.2. The van der Waals surface area contributed by atoms with Crippen LogP contribution in [-0.2, 0) is 22.6 Å². The fourth-order valence-corrected chi connectivity index (χ4v) is 1.42. The molecule has 0 aliphatic rings. The summed E-state index contributed by atoms with van der Waals surface area (Å²) in [5.41, 5.74) is 1.08. The van der Waals surface area contributed by atoms with Crippen molar-refractivity contribution in [3.05, 3.63) is 47.6 Å². The number of nitrogens with zero attached hydrogens (tertiary/aromatic N) is 2. The van der Waals surface area contributed by atoms with Gasteiger partial charge in [-0.25, -0.2) is 4.79 Å². The molecule has 0 radical (unpaired) electrons. The van der Waals surface area contributed by atoms with E-state index in [0.717, 1.165) is 5.56 Å². The van der Waals surface area contributed by atoms with E-state index in [-0.39, 0.29) is 19.1 Å². The molecule has 0 aliphatic heterocycles. The van der Waals surface area contributed by atoms with E-state index in [1.54, 1.807) is 0 Å². The van der Waals surface area contributed by atoms with Crippen molar-refractivity contribution in [3.8, 4) is 0 Å². The first-order valence-electron chi connectivity index (χ1n) is 5.39. The Labute approximate surface area is 103 Å². The molecule has 1 aromatic carbocycles. The van der Waals surface area contributed by atoms with E-state index in [0.29, 0.717) is 12.2 Å². The van der Waals surface area contributed by atoms with Crippen LogP contribution in [0.2, 0.25) is 0 Å². The summed E-state index contributed by atoms with van der Waals surface area (Å²) in [7, 11) is 0. The van der Waals surface area contributed by atoms with Gasteiger partial charge < -0.3 is 14.4 Å². The lowest BCUT2D eigenvalue weighted by Crippen LogP contribution is -2.06. The maximum atomic E-state index is 10.2. The molecule has 2 rings (SSSR count). The van der Waals surface area contributed by atoms with Crippen LogP contribution in [0.15, 0.2) is 34.9 Å². The van der Waals surface area contributed by atoms with Gasteiger partial charge in [0.15, 0.2) is 5.82 Å². The van der Waals surface area contributed by atoms with E-state index in [4.69, 9.17) is 14.4 Å². The van der Waals surface area contributed by atoms with Crippen LogP contribution in [0, 0.1) is 0 Å². The number of hydrogen-bond donors (Lipinski definition) is 1. The lowest BCUT2D eigenvalue weighted by atomic mass is 10.1. The molecule has 1 aromatic heterocycles. The monoisotopic (exact) mass is 248 g/mol. The van der Waals surface area contributed by atoms with Crippen LogP contribution in [0.1, 0.15) is 17.3 Å². The minimum Gasteiger partial charge on any atom is -0.480 e. The lowest BCUT2D eigenvalue weighted by molar-refractivity contribution is -0.142. The lowest BCUT2D eigenvalue weighted by Gasteiger charge is -1.95. The standard InChI is InChI=1S/C12H12N2O4/c15-12(16)8-17-7-11-13-10(14-18-11)6-9-4-2-1-3-5-9/h1-5H,6-8H2,(H,15,16). The predicted octanol–water partition coefficient (Wildman–Crippen LogP) is 1.26. The third-order valence-electron chi connectivity index (χ3n) is 2.17. The molecule has 2 aromatic rings. The fourth-order valence-electron chi connectivity index (χ4n) is 1.42. The molecule has 0 unspecified atom stereocenters. The zero-order chi connectivity index (χ0) is 12.8. The fraction of sp³-hybridized carbons (Fsp3) is 0.250. The molecule has 0 fully saturated rings. The van der Waals surface area contributed by atoms with Gasteiger partial charge in [-0.1, -0.05) is 35.5 Å². The van der Waals surface area contributed by atoms with E-state index in [9.17, 15) is 4.79 Å². The SMILES string of the molecule is O=C(O)COCc1nc(Cc2ccccc2)no1. The first kappa shape index (κ1) is 12.3. The third-order valence-corrected chi connectivity index (χ3v) is 2.17. The first-order valence-corrected chi connectivity index (χ1v) is 5.39. The number of carbonyl (C=O) groups is 1. The normalized spacial score (nSPS) is 10.4. The topological polar surface area (TPSA) is 85.5 Å². The Balaban J connectivity index is 1.88. The summed E-state index contributed by atoms with van der Waals surface area (Å²) >= 11 is 0. The Morgan fingerprint density at radius 2 is 2.11 bits per heavy atom. The second kappa shape index (κ2) is 5.92. The van der Waals surface area contributed by atoms with E-state index >= 15 is 0 Å². The van der Waals surface area contributed by atoms with Crippen LogP contribution in [0.5, 0.6) is 0 Å². The average Bonchev–Trinajstić information content (AvgIpc) is 2.78. The molecule has 0 atom stereocenters. The van der Waals surface area contributed by atoms with Gasteiger partial charge in [0.05, 0.1) is 0 Å². The van der Waals surface area contributed by atoms with Crippen LogP contribution in [0.3, 0.4) is 0 Å². The Hall–Kier alpha value is -2.21. The van der Waals surface area contributed by atoms with E-state index < -0.39 is 5.97 Å². The molecule has 0 spiro atoms. The third kappa shape index (κ3) is 3.67. The summed E-state index contributed by atoms with van der Waals surface area (Å²) in [5.74, 6) is -0.198. The van der Waals surface area contributed by atoms with Gasteiger partial charge in [0.25, 0.3) is 5.89 Å². The molecule has 18 heavy (non-hydrogen) atoms. The van der Waals surface area contributed by atoms with Gasteiger partial charge in [-0.15, -0.1) is 0 Å². The van der Waals surface area contributed by atoms with E-state index in [1.165, 1.54) is 0 Å². The minimum absolute atomic E-state index is 0.00803. The highest BCUT2D eigenvalue weighted by atomic mass is 16.5. The average molecular weight is 248 g/mol. The summed E-state index contributed by atoms with van der Waals surface area (Å²) in [4.78, 5) is 14.4. The van der Waals surface area contributed by atoms with Gasteiger partial charge in [0.1, 0.15) is 13.2 Å². The number of aromatic nitrogens is 2. The van der Waals surface area contributed by atoms with Crippen LogP contribution in [0.4, 0.5) is 0 Å². The van der Waals surface area contributed by atoms with Crippen LogP contribution < -0.4 is 0 Å². The Kier molecular flexibility index (Phi) is 4.03. The van der Waals surface area contributed by atoms with Gasteiger partial charge in [-0.05, 0) is 5.56 Å². The summed E-state index contributed by atoms with van der Waals surface area (Å²) in [5, 5.41) is 12.2.